The van der Waals surface area contributed by atoms with Crippen LogP contribution in [0.25, 0.3) is 10.9 Å². The molecule has 1 atom stereocenters. The second-order valence-electron chi connectivity index (χ2n) is 7.56. The molecule has 6 heteroatoms. The Morgan fingerprint density at radius 1 is 1.00 bits per heavy atom. The number of aromatic amines is 1. The lowest BCUT2D eigenvalue weighted by atomic mass is 10.0. The minimum Gasteiger partial charge on any atom is -0.493 e. The first-order valence-electron chi connectivity index (χ1n) is 10.5. The maximum absolute atomic E-state index is 12.0. The van der Waals surface area contributed by atoms with Gasteiger partial charge in [0, 0.05) is 35.6 Å². The average molecular weight is 431 g/mol. The summed E-state index contributed by atoms with van der Waals surface area (Å²) >= 11 is 0. The Kier molecular flexibility index (Phi) is 6.72. The third-order valence-electron chi connectivity index (χ3n) is 5.44. The van der Waals surface area contributed by atoms with E-state index in [9.17, 15) is 9.90 Å². The molecule has 0 unspecified atom stereocenters. The molecule has 0 bridgehead atoms. The van der Waals surface area contributed by atoms with Crippen LogP contribution < -0.4 is 14.8 Å². The monoisotopic (exact) mass is 430 g/mol. The summed E-state index contributed by atoms with van der Waals surface area (Å²) in [5.74, 6) is 0.330. The normalized spacial score (nSPS) is 11.9. The molecule has 4 rings (SSSR count). The third-order valence-corrected chi connectivity index (χ3v) is 5.44. The molecule has 0 aliphatic carbocycles. The van der Waals surface area contributed by atoms with Crippen LogP contribution in [-0.2, 0) is 24.4 Å². The first-order chi connectivity index (χ1) is 15.7. The summed E-state index contributed by atoms with van der Waals surface area (Å²) in [7, 11) is 1.60. The highest BCUT2D eigenvalue weighted by molar-refractivity contribution is 5.84. The molecule has 3 N–H and O–H groups in total. The molecule has 0 fully saturated rings. The summed E-state index contributed by atoms with van der Waals surface area (Å²) in [6.07, 6.45) is 2.24. The number of aliphatic carboxylic acids is 1. The molecular formula is C26H26N2O4. The van der Waals surface area contributed by atoms with Crippen molar-refractivity contribution in [2.24, 2.45) is 0 Å². The molecule has 0 aliphatic rings. The topological polar surface area (TPSA) is 83.6 Å². The molecule has 1 aromatic heterocycles. The molecule has 32 heavy (non-hydrogen) atoms. The summed E-state index contributed by atoms with van der Waals surface area (Å²) in [5, 5.41) is 14.0. The number of para-hydroxylation sites is 2. The Morgan fingerprint density at radius 2 is 1.78 bits per heavy atom. The Bertz CT molecular complexity index is 1190. The van der Waals surface area contributed by atoms with Crippen LogP contribution in [0.5, 0.6) is 11.5 Å². The van der Waals surface area contributed by atoms with Gasteiger partial charge in [0.15, 0.2) is 11.5 Å². The van der Waals surface area contributed by atoms with Crippen molar-refractivity contribution in [2.45, 2.75) is 25.6 Å². The molecule has 1 heterocycles. The smallest absolute Gasteiger partial charge is 0.321 e. The fraction of sp³-hybridized carbons (Fsp3) is 0.192. The summed E-state index contributed by atoms with van der Waals surface area (Å²) in [4.78, 5) is 15.2. The predicted molar refractivity (Wildman–Crippen MR) is 124 cm³/mol. The van der Waals surface area contributed by atoms with Gasteiger partial charge in [-0.3, -0.25) is 10.1 Å². The largest absolute Gasteiger partial charge is 0.493 e. The predicted octanol–water partition coefficient (Wildman–Crippen LogP) is 4.54. The Morgan fingerprint density at radius 3 is 2.56 bits per heavy atom. The van der Waals surface area contributed by atoms with E-state index < -0.39 is 12.0 Å². The quantitative estimate of drug-likeness (QED) is 0.344. The van der Waals surface area contributed by atoms with Gasteiger partial charge in [-0.2, -0.15) is 0 Å². The van der Waals surface area contributed by atoms with Gasteiger partial charge in [0.05, 0.1) is 7.11 Å². The summed E-state index contributed by atoms with van der Waals surface area (Å²) < 4.78 is 11.6. The standard InChI is InChI=1S/C26H26N2O4/c1-31-24-13-7-10-19(25(24)32-17-18-8-3-2-4-9-18)15-28-23(26(29)30)14-20-16-27-22-12-6-5-11-21(20)22/h2-13,16,23,27-28H,14-15,17H2,1H3,(H,29,30)/t23-/m1/s1. The number of fused-ring (bicyclic) bond motifs is 1. The van der Waals surface area contributed by atoms with Crippen molar-refractivity contribution < 1.29 is 19.4 Å². The molecule has 0 amide bonds. The van der Waals surface area contributed by atoms with Crippen LogP contribution in [0.3, 0.4) is 0 Å². The van der Waals surface area contributed by atoms with Crippen molar-refractivity contribution in [1.29, 1.82) is 0 Å². The maximum atomic E-state index is 12.0. The van der Waals surface area contributed by atoms with E-state index in [0.717, 1.165) is 27.6 Å². The van der Waals surface area contributed by atoms with Gasteiger partial charge in [-0.05, 0) is 23.3 Å². The fourth-order valence-electron chi connectivity index (χ4n) is 3.76. The van der Waals surface area contributed by atoms with Crippen LogP contribution in [0.2, 0.25) is 0 Å². The molecule has 3 aromatic carbocycles. The SMILES string of the molecule is COc1cccc(CN[C@H](Cc2c[nH]c3ccccc23)C(=O)O)c1OCc1ccccc1. The van der Waals surface area contributed by atoms with E-state index in [-0.39, 0.29) is 0 Å². The van der Waals surface area contributed by atoms with Crippen LogP contribution in [0.15, 0.2) is 79.0 Å². The van der Waals surface area contributed by atoms with Crippen molar-refractivity contribution in [3.8, 4) is 11.5 Å². The zero-order chi connectivity index (χ0) is 22.3. The number of ether oxygens (including phenoxy) is 2. The summed E-state index contributed by atoms with van der Waals surface area (Å²) in [5.41, 5.74) is 3.84. The number of H-pyrrole nitrogens is 1. The number of aromatic nitrogens is 1. The highest BCUT2D eigenvalue weighted by atomic mass is 16.5. The van der Waals surface area contributed by atoms with E-state index in [4.69, 9.17) is 9.47 Å². The zero-order valence-corrected chi connectivity index (χ0v) is 17.9. The van der Waals surface area contributed by atoms with Crippen molar-refractivity contribution in [3.05, 3.63) is 95.7 Å². The number of hydrogen-bond donors (Lipinski definition) is 3. The highest BCUT2D eigenvalue weighted by Crippen LogP contribution is 2.32. The van der Waals surface area contributed by atoms with Crippen LogP contribution in [0.1, 0.15) is 16.7 Å². The summed E-state index contributed by atoms with van der Waals surface area (Å²) in [6.45, 7) is 0.729. The molecular weight excluding hydrogens is 404 g/mol. The van der Waals surface area contributed by atoms with Gasteiger partial charge in [0.1, 0.15) is 12.6 Å². The Hall–Kier alpha value is -3.77. The number of hydrogen-bond acceptors (Lipinski definition) is 4. The van der Waals surface area contributed by atoms with Gasteiger partial charge in [0.2, 0.25) is 0 Å². The second kappa shape index (κ2) is 10.0. The number of methoxy groups -OCH3 is 1. The molecule has 6 nitrogen and oxygen atoms in total. The van der Waals surface area contributed by atoms with E-state index >= 15 is 0 Å². The van der Waals surface area contributed by atoms with Crippen LogP contribution in [0.4, 0.5) is 0 Å². The van der Waals surface area contributed by atoms with Gasteiger partial charge in [-0.25, -0.2) is 0 Å². The van der Waals surface area contributed by atoms with Crippen LogP contribution in [-0.4, -0.2) is 29.2 Å². The van der Waals surface area contributed by atoms with Gasteiger partial charge in [-0.15, -0.1) is 0 Å². The third kappa shape index (κ3) is 4.92. The molecule has 164 valence electrons. The summed E-state index contributed by atoms with van der Waals surface area (Å²) in [6, 6.07) is 22.6. The lowest BCUT2D eigenvalue weighted by Gasteiger charge is -2.18. The number of benzene rings is 3. The van der Waals surface area contributed by atoms with Gasteiger partial charge >= 0.3 is 5.97 Å². The van der Waals surface area contributed by atoms with Crippen molar-refractivity contribution >= 4 is 16.9 Å². The molecule has 0 aliphatic heterocycles. The van der Waals surface area contributed by atoms with Crippen molar-refractivity contribution in [3.63, 3.8) is 0 Å². The van der Waals surface area contributed by atoms with Gasteiger partial charge in [0.25, 0.3) is 0 Å². The van der Waals surface area contributed by atoms with Crippen LogP contribution in [0, 0.1) is 0 Å². The first-order valence-corrected chi connectivity index (χ1v) is 10.5. The lowest BCUT2D eigenvalue weighted by Crippen LogP contribution is -2.38. The first kappa shape index (κ1) is 21.5. The molecule has 0 radical (unpaired) electrons. The molecule has 4 aromatic rings. The zero-order valence-electron chi connectivity index (χ0n) is 17.9. The number of carboxylic acid groups (broad SMARTS) is 1. The molecule has 0 saturated carbocycles. The van der Waals surface area contributed by atoms with Crippen molar-refractivity contribution in [1.82, 2.24) is 10.3 Å². The van der Waals surface area contributed by atoms with Crippen LogP contribution >= 0.6 is 0 Å². The number of nitrogens with one attached hydrogen (secondary N) is 2. The number of carbonyl (C=O) groups is 1. The Labute approximate surface area is 186 Å². The number of carboxylic acids is 1. The molecule has 0 saturated heterocycles. The minimum absolute atomic E-state index is 0.334. The Balaban J connectivity index is 1.50. The maximum Gasteiger partial charge on any atom is 0.321 e. The van der Waals surface area contributed by atoms with Gasteiger partial charge in [-0.1, -0.05) is 60.7 Å². The average Bonchev–Trinajstić information content (AvgIpc) is 3.23. The fourth-order valence-corrected chi connectivity index (χ4v) is 3.76. The van der Waals surface area contributed by atoms with Gasteiger partial charge < -0.3 is 19.6 Å². The van der Waals surface area contributed by atoms with E-state index in [1.807, 2.05) is 79.0 Å². The highest BCUT2D eigenvalue weighted by Gasteiger charge is 2.20. The van der Waals surface area contributed by atoms with E-state index in [1.54, 1.807) is 7.11 Å². The van der Waals surface area contributed by atoms with E-state index in [0.29, 0.717) is 31.1 Å². The second-order valence-corrected chi connectivity index (χ2v) is 7.56. The minimum atomic E-state index is -0.898. The lowest BCUT2D eigenvalue weighted by molar-refractivity contribution is -0.139. The number of rotatable bonds is 10. The van der Waals surface area contributed by atoms with Crippen molar-refractivity contribution in [2.75, 3.05) is 7.11 Å². The van der Waals surface area contributed by atoms with E-state index in [1.165, 1.54) is 0 Å². The molecule has 0 spiro atoms. The van der Waals surface area contributed by atoms with E-state index in [2.05, 4.69) is 10.3 Å².